The number of thiol groups is 1. The second-order valence-corrected chi connectivity index (χ2v) is 2.64. The normalized spacial score (nSPS) is 30.5. The summed E-state index contributed by atoms with van der Waals surface area (Å²) in [5.74, 6) is 0. The van der Waals surface area contributed by atoms with Crippen molar-refractivity contribution in [3.8, 4) is 0 Å². The van der Waals surface area contributed by atoms with Crippen molar-refractivity contribution in [2.24, 2.45) is 0 Å². The van der Waals surface area contributed by atoms with Crippen molar-refractivity contribution < 1.29 is 4.74 Å². The third kappa shape index (κ3) is 0.849. The van der Waals surface area contributed by atoms with Crippen molar-refractivity contribution in [1.82, 2.24) is 0 Å². The molecule has 0 amide bonds. The lowest BCUT2D eigenvalue weighted by Crippen LogP contribution is -1.82. The number of thioether (sulfide) groups is 1. The summed E-state index contributed by atoms with van der Waals surface area (Å²) in [6.07, 6.45) is 1.64. The van der Waals surface area contributed by atoms with E-state index in [4.69, 9.17) is 4.74 Å². The molecule has 0 aromatic rings. The highest BCUT2D eigenvalue weighted by molar-refractivity contribution is 8.12. The molecule has 1 aliphatic rings. The highest BCUT2D eigenvalue weighted by atomic mass is 32.2. The van der Waals surface area contributed by atoms with E-state index in [1.54, 1.807) is 18.0 Å². The standard InChI is InChI=1S/C3H4OS2/c5-3-4-1-2-6-3/h1-3,5H. The summed E-state index contributed by atoms with van der Waals surface area (Å²) in [6.45, 7) is 0. The Hall–Kier alpha value is 0.240. The maximum atomic E-state index is 4.80. The van der Waals surface area contributed by atoms with E-state index in [1.165, 1.54) is 0 Å². The lowest BCUT2D eigenvalue weighted by atomic mass is 11.1. The van der Waals surface area contributed by atoms with E-state index in [1.807, 2.05) is 5.41 Å². The second kappa shape index (κ2) is 1.80. The monoisotopic (exact) mass is 120 g/mol. The lowest BCUT2D eigenvalue weighted by molar-refractivity contribution is 0.302. The molecule has 0 aliphatic carbocycles. The van der Waals surface area contributed by atoms with Crippen LogP contribution in [-0.4, -0.2) is 4.77 Å². The first-order chi connectivity index (χ1) is 2.89. The molecule has 0 N–H and O–H groups in total. The van der Waals surface area contributed by atoms with Crippen LogP contribution in [0, 0.1) is 0 Å². The van der Waals surface area contributed by atoms with Crippen molar-refractivity contribution in [3.63, 3.8) is 0 Å². The topological polar surface area (TPSA) is 9.23 Å². The molecule has 1 heterocycles. The lowest BCUT2D eigenvalue weighted by Gasteiger charge is -1.94. The van der Waals surface area contributed by atoms with Gasteiger partial charge in [0.15, 0.2) is 4.77 Å². The molecular formula is C3H4OS2. The Kier molecular flexibility index (Phi) is 1.32. The molecule has 0 saturated heterocycles. The summed E-state index contributed by atoms with van der Waals surface area (Å²) in [5.41, 5.74) is 0. The maximum Gasteiger partial charge on any atom is 0.191 e. The molecule has 6 heavy (non-hydrogen) atoms. The average Bonchev–Trinajstić information content (AvgIpc) is 1.86. The first-order valence-electron chi connectivity index (χ1n) is 1.53. The van der Waals surface area contributed by atoms with Crippen LogP contribution < -0.4 is 0 Å². The Morgan fingerprint density at radius 1 is 1.83 bits per heavy atom. The highest BCUT2D eigenvalue weighted by Gasteiger charge is 2.02. The van der Waals surface area contributed by atoms with Gasteiger partial charge < -0.3 is 4.74 Å². The van der Waals surface area contributed by atoms with Crippen LogP contribution in [0.2, 0.25) is 0 Å². The largest absolute Gasteiger partial charge is 0.477 e. The van der Waals surface area contributed by atoms with Crippen molar-refractivity contribution in [2.75, 3.05) is 0 Å². The average molecular weight is 120 g/mol. The minimum Gasteiger partial charge on any atom is -0.477 e. The molecule has 1 nitrogen and oxygen atoms in total. The molecule has 0 radical (unpaired) electrons. The van der Waals surface area contributed by atoms with Crippen molar-refractivity contribution in [1.29, 1.82) is 0 Å². The van der Waals surface area contributed by atoms with Crippen molar-refractivity contribution in [2.45, 2.75) is 4.77 Å². The zero-order valence-electron chi connectivity index (χ0n) is 3.00. The zero-order chi connectivity index (χ0) is 4.41. The molecule has 1 atom stereocenters. The van der Waals surface area contributed by atoms with Gasteiger partial charge in [-0.25, -0.2) is 0 Å². The van der Waals surface area contributed by atoms with Gasteiger partial charge in [-0.1, -0.05) is 11.8 Å². The van der Waals surface area contributed by atoms with Crippen LogP contribution in [0.5, 0.6) is 0 Å². The molecule has 1 rings (SSSR count). The summed E-state index contributed by atoms with van der Waals surface area (Å²) >= 11 is 5.53. The van der Waals surface area contributed by atoms with E-state index in [-0.39, 0.29) is 4.77 Å². The Morgan fingerprint density at radius 3 is 2.83 bits per heavy atom. The smallest absolute Gasteiger partial charge is 0.191 e. The minimum absolute atomic E-state index is 0.0463. The van der Waals surface area contributed by atoms with Crippen LogP contribution in [0.15, 0.2) is 11.7 Å². The van der Waals surface area contributed by atoms with E-state index in [2.05, 4.69) is 12.6 Å². The third-order valence-corrected chi connectivity index (χ3v) is 1.54. The molecule has 0 aromatic carbocycles. The molecule has 1 aliphatic heterocycles. The molecule has 0 bridgehead atoms. The predicted octanol–water partition coefficient (Wildman–Crippen LogP) is 1.43. The fourth-order valence-corrected chi connectivity index (χ4v) is 0.903. The molecule has 1 unspecified atom stereocenters. The Labute approximate surface area is 46.2 Å². The summed E-state index contributed by atoms with van der Waals surface area (Å²) < 4.78 is 4.85. The van der Waals surface area contributed by atoms with Crippen LogP contribution in [0.1, 0.15) is 0 Å². The summed E-state index contributed by atoms with van der Waals surface area (Å²) in [4.78, 5) is 0. The first-order valence-corrected chi connectivity index (χ1v) is 2.99. The maximum absolute atomic E-state index is 4.80. The Morgan fingerprint density at radius 2 is 2.67 bits per heavy atom. The quantitative estimate of drug-likeness (QED) is 0.484. The van der Waals surface area contributed by atoms with Gasteiger partial charge in [-0.3, -0.25) is 0 Å². The van der Waals surface area contributed by atoms with Crippen molar-refractivity contribution >= 4 is 24.4 Å². The molecule has 0 aromatic heterocycles. The second-order valence-electron chi connectivity index (χ2n) is 0.851. The molecule has 34 valence electrons. The van der Waals surface area contributed by atoms with Gasteiger partial charge in [0.25, 0.3) is 0 Å². The Balaban J connectivity index is 2.32. The number of hydrogen-bond acceptors (Lipinski definition) is 3. The van der Waals surface area contributed by atoms with E-state index in [9.17, 15) is 0 Å². The number of ether oxygens (including phenoxy) is 1. The summed E-state index contributed by atoms with van der Waals surface area (Å²) in [5, 5.41) is 1.87. The fraction of sp³-hybridized carbons (Fsp3) is 0.333. The summed E-state index contributed by atoms with van der Waals surface area (Å²) in [7, 11) is 0. The van der Waals surface area contributed by atoms with Crippen LogP contribution in [0.3, 0.4) is 0 Å². The zero-order valence-corrected chi connectivity index (χ0v) is 4.71. The summed E-state index contributed by atoms with van der Waals surface area (Å²) in [6, 6.07) is 0. The highest BCUT2D eigenvalue weighted by Crippen LogP contribution is 2.23. The van der Waals surface area contributed by atoms with Gasteiger partial charge in [-0.2, -0.15) is 0 Å². The van der Waals surface area contributed by atoms with Gasteiger partial charge in [0.05, 0.1) is 6.26 Å². The molecule has 0 spiro atoms. The first kappa shape index (κ1) is 4.40. The van der Waals surface area contributed by atoms with Gasteiger partial charge in [-0.05, 0) is 0 Å². The van der Waals surface area contributed by atoms with Gasteiger partial charge in [0, 0.05) is 5.41 Å². The van der Waals surface area contributed by atoms with E-state index >= 15 is 0 Å². The number of rotatable bonds is 0. The van der Waals surface area contributed by atoms with E-state index in [0.717, 1.165) is 0 Å². The third-order valence-electron chi connectivity index (χ3n) is 0.446. The fourth-order valence-electron chi connectivity index (χ4n) is 0.231. The van der Waals surface area contributed by atoms with E-state index < -0.39 is 0 Å². The van der Waals surface area contributed by atoms with E-state index in [0.29, 0.717) is 0 Å². The Bertz CT molecular complexity index is 63.2. The predicted molar refractivity (Wildman–Crippen MR) is 30.6 cm³/mol. The number of hydrogen-bond donors (Lipinski definition) is 1. The molecule has 0 saturated carbocycles. The SMILES string of the molecule is SC1OC=CS1. The molecule has 3 heteroatoms. The van der Waals surface area contributed by atoms with Crippen LogP contribution in [0.4, 0.5) is 0 Å². The van der Waals surface area contributed by atoms with Crippen LogP contribution in [0.25, 0.3) is 0 Å². The van der Waals surface area contributed by atoms with Gasteiger partial charge >= 0.3 is 0 Å². The van der Waals surface area contributed by atoms with Gasteiger partial charge in [0.2, 0.25) is 0 Å². The van der Waals surface area contributed by atoms with Gasteiger partial charge in [0.1, 0.15) is 0 Å². The van der Waals surface area contributed by atoms with Crippen molar-refractivity contribution in [3.05, 3.63) is 11.7 Å². The minimum atomic E-state index is 0.0463. The molecular weight excluding hydrogens is 116 g/mol. The molecule has 0 fully saturated rings. The van der Waals surface area contributed by atoms with Gasteiger partial charge in [-0.15, -0.1) is 12.6 Å². The van der Waals surface area contributed by atoms with Crippen LogP contribution in [-0.2, 0) is 4.74 Å². The van der Waals surface area contributed by atoms with Crippen LogP contribution >= 0.6 is 24.4 Å².